The molecule has 1 aliphatic heterocycles. The van der Waals surface area contributed by atoms with Crippen LogP contribution in [-0.2, 0) is 20.8 Å². The lowest BCUT2D eigenvalue weighted by molar-refractivity contribution is -0.170. The average molecular weight is 793 g/mol. The highest BCUT2D eigenvalue weighted by molar-refractivity contribution is 7.34. The Balaban J connectivity index is 1.23. The number of ether oxygens (including phenoxy) is 4. The standard InChI is InChI=1S/C39H46FN6O9P/c1-22(2)29(35(48)53-20-38(3,4)5)45-56(50)55-31-26-11-9-8-10-24(26)14-17-27(31)52-19-28-32(47)39(6,49)36(54-28)46-21-42-30-33(46)43-37(44-34(30)51-7)41-18-23-12-15-25(40)16-13-23/h8-17,21-22,28-29,32,36,47,49H,18-20H2,1-7H3,(H,41,43,44)/t28-,29+,32-,36-,39-/m1/s1. The second kappa shape index (κ2) is 16.6. The highest BCUT2D eigenvalue weighted by Crippen LogP contribution is 2.43. The van der Waals surface area contributed by atoms with Crippen LogP contribution in [0.2, 0.25) is 0 Å². The molecule has 1 fully saturated rings. The number of hydrogen-bond donors (Lipinski definition) is 3. The van der Waals surface area contributed by atoms with Crippen LogP contribution in [0.3, 0.4) is 0 Å². The van der Waals surface area contributed by atoms with Gasteiger partial charge in [0.2, 0.25) is 17.6 Å². The average Bonchev–Trinajstić information content (AvgIpc) is 3.68. The summed E-state index contributed by atoms with van der Waals surface area (Å²) in [6.07, 6.45) is -2.31. The molecule has 298 valence electrons. The van der Waals surface area contributed by atoms with Gasteiger partial charge in [0.1, 0.15) is 30.2 Å². The number of carbonyl (C=O) groups excluding carboxylic acids is 1. The maximum absolute atomic E-state index is 13.5. The van der Waals surface area contributed by atoms with Gasteiger partial charge in [-0.1, -0.05) is 81.8 Å². The molecule has 6 atom stereocenters. The number of imidazole rings is 1. The summed E-state index contributed by atoms with van der Waals surface area (Å²) in [5, 5.41) is 27.5. The van der Waals surface area contributed by atoms with Crippen LogP contribution >= 0.6 is 8.17 Å². The molecule has 6 rings (SSSR count). The molecule has 0 saturated carbocycles. The largest absolute Gasteiger partial charge is 0.575 e. The molecule has 2 aromatic heterocycles. The van der Waals surface area contributed by atoms with E-state index in [1.165, 1.54) is 37.1 Å². The maximum Gasteiger partial charge on any atom is 0.395 e. The number of esters is 1. The molecule has 3 aromatic carbocycles. The summed E-state index contributed by atoms with van der Waals surface area (Å²) in [5.41, 5.74) is -0.809. The van der Waals surface area contributed by atoms with Crippen LogP contribution in [0.4, 0.5) is 10.3 Å². The van der Waals surface area contributed by atoms with E-state index in [2.05, 4.69) is 25.0 Å². The molecule has 56 heavy (non-hydrogen) atoms. The number of nitrogens with zero attached hydrogens (tertiary/aromatic N) is 5. The molecule has 0 aliphatic carbocycles. The molecule has 0 amide bonds. The van der Waals surface area contributed by atoms with Crippen molar-refractivity contribution < 1.29 is 47.8 Å². The first-order valence-electron chi connectivity index (χ1n) is 18.1. The van der Waals surface area contributed by atoms with E-state index in [1.54, 1.807) is 50.2 Å². The number of anilines is 1. The minimum Gasteiger partial charge on any atom is -0.575 e. The van der Waals surface area contributed by atoms with Crippen molar-refractivity contribution in [2.75, 3.05) is 25.6 Å². The van der Waals surface area contributed by atoms with Gasteiger partial charge < -0.3 is 39.4 Å². The van der Waals surface area contributed by atoms with Gasteiger partial charge in [-0.25, -0.2) is 14.2 Å². The molecule has 1 aliphatic rings. The molecule has 5 aromatic rings. The Morgan fingerprint density at radius 3 is 2.57 bits per heavy atom. The van der Waals surface area contributed by atoms with Gasteiger partial charge in [0.25, 0.3) is 0 Å². The highest BCUT2D eigenvalue weighted by atomic mass is 31.1. The van der Waals surface area contributed by atoms with E-state index >= 15 is 0 Å². The van der Waals surface area contributed by atoms with Gasteiger partial charge in [-0.05, 0) is 47.4 Å². The van der Waals surface area contributed by atoms with E-state index in [0.29, 0.717) is 5.39 Å². The number of methoxy groups -OCH3 is 1. The van der Waals surface area contributed by atoms with Crippen molar-refractivity contribution in [1.82, 2.24) is 19.5 Å². The van der Waals surface area contributed by atoms with Gasteiger partial charge in [0.05, 0.1) is 20.0 Å². The maximum atomic E-state index is 13.5. The number of nitrogens with one attached hydrogen (secondary N) is 1. The number of benzene rings is 3. The quantitative estimate of drug-likeness (QED) is 0.0920. The van der Waals surface area contributed by atoms with Gasteiger partial charge in [-0.2, -0.15) is 9.97 Å². The molecule has 15 nitrogen and oxygen atoms in total. The summed E-state index contributed by atoms with van der Waals surface area (Å²) in [4.78, 5) is 39.8. The molecular weight excluding hydrogens is 746 g/mol. The van der Waals surface area contributed by atoms with E-state index in [0.717, 1.165) is 10.9 Å². The summed E-state index contributed by atoms with van der Waals surface area (Å²) in [6.45, 7) is 11.0. The highest BCUT2D eigenvalue weighted by Gasteiger charge is 2.54. The first kappa shape index (κ1) is 40.7. The molecule has 0 bridgehead atoms. The van der Waals surface area contributed by atoms with E-state index in [9.17, 15) is 24.3 Å². The normalized spacial score (nSPS) is 20.7. The summed E-state index contributed by atoms with van der Waals surface area (Å²) < 4.78 is 48.4. The number of aromatic nitrogens is 4. The van der Waals surface area contributed by atoms with E-state index in [4.69, 9.17) is 23.5 Å². The van der Waals surface area contributed by atoms with Crippen LogP contribution in [0, 0.1) is 17.2 Å². The van der Waals surface area contributed by atoms with Crippen molar-refractivity contribution in [3.63, 3.8) is 0 Å². The van der Waals surface area contributed by atoms with Crippen molar-refractivity contribution in [3.05, 3.63) is 78.4 Å². The lowest BCUT2D eigenvalue weighted by atomic mass is 9.96. The Bertz CT molecular complexity index is 2210. The summed E-state index contributed by atoms with van der Waals surface area (Å²) in [7, 11) is -1.35. The van der Waals surface area contributed by atoms with E-state index < -0.39 is 44.2 Å². The van der Waals surface area contributed by atoms with Crippen molar-refractivity contribution >= 4 is 42.0 Å². The number of carbonyl (C=O) groups is 1. The van der Waals surface area contributed by atoms with Crippen LogP contribution in [0.5, 0.6) is 17.4 Å². The molecule has 17 heteroatoms. The summed E-state index contributed by atoms with van der Waals surface area (Å²) in [6, 6.07) is 15.6. The van der Waals surface area contributed by atoms with E-state index in [1.807, 2.05) is 32.9 Å². The topological polar surface area (TPSA) is 195 Å². The third kappa shape index (κ3) is 9.00. The Labute approximate surface area is 324 Å². The van der Waals surface area contributed by atoms with Crippen LogP contribution in [0.25, 0.3) is 21.9 Å². The number of halogens is 1. The van der Waals surface area contributed by atoms with Crippen molar-refractivity contribution in [3.8, 4) is 17.4 Å². The Morgan fingerprint density at radius 2 is 1.88 bits per heavy atom. The van der Waals surface area contributed by atoms with Crippen molar-refractivity contribution in [2.24, 2.45) is 16.1 Å². The zero-order valence-corrected chi connectivity index (χ0v) is 33.1. The smallest absolute Gasteiger partial charge is 0.395 e. The third-order valence-corrected chi connectivity index (χ3v) is 9.89. The molecule has 0 radical (unpaired) electrons. The van der Waals surface area contributed by atoms with E-state index in [-0.39, 0.29) is 71.4 Å². The zero-order chi connectivity index (χ0) is 40.4. The first-order valence-corrected chi connectivity index (χ1v) is 19.2. The predicted molar refractivity (Wildman–Crippen MR) is 205 cm³/mol. The fourth-order valence-corrected chi connectivity index (χ4v) is 7.03. The van der Waals surface area contributed by atoms with Gasteiger partial charge >= 0.3 is 14.1 Å². The van der Waals surface area contributed by atoms with Crippen molar-refractivity contribution in [1.29, 1.82) is 0 Å². The van der Waals surface area contributed by atoms with Crippen LogP contribution in [0.1, 0.15) is 53.3 Å². The Morgan fingerprint density at radius 1 is 1.14 bits per heavy atom. The monoisotopic (exact) mass is 792 g/mol. The van der Waals surface area contributed by atoms with Gasteiger partial charge in [0.15, 0.2) is 29.2 Å². The number of aliphatic hydroxyl groups excluding tert-OH is 1. The minimum atomic E-state index is -2.79. The summed E-state index contributed by atoms with van der Waals surface area (Å²) >= 11 is 0. The predicted octanol–water partition coefficient (Wildman–Crippen LogP) is 5.68. The fraction of sp³-hybridized carbons (Fsp3) is 0.436. The molecule has 1 unspecified atom stereocenters. The van der Waals surface area contributed by atoms with Crippen LogP contribution in [-0.4, -0.2) is 79.9 Å². The van der Waals surface area contributed by atoms with Gasteiger partial charge in [-0.3, -0.25) is 9.09 Å². The molecular formula is C39H46FN6O9P. The molecule has 3 heterocycles. The third-order valence-electron chi connectivity index (χ3n) is 9.11. The zero-order valence-electron chi connectivity index (χ0n) is 32.2. The Kier molecular flexibility index (Phi) is 12.1. The summed E-state index contributed by atoms with van der Waals surface area (Å²) in [5.74, 6) is -0.664. The Hall–Kier alpha value is -4.99. The lowest BCUT2D eigenvalue weighted by Gasteiger charge is -2.27. The number of hydrogen-bond acceptors (Lipinski definition) is 14. The van der Waals surface area contributed by atoms with Gasteiger partial charge in [0, 0.05) is 11.9 Å². The number of aliphatic hydroxyl groups is 2. The molecule has 3 N–H and O–H groups in total. The second-order valence-corrected chi connectivity index (χ2v) is 16.2. The second-order valence-electron chi connectivity index (χ2n) is 15.3. The fourth-order valence-electron chi connectivity index (χ4n) is 6.08. The molecule has 1 saturated heterocycles. The SMILES string of the molecule is COc1nc(NCc2ccc(F)cc2)nc2c1ncn2[C@@H]1O[C@H](COc2ccc3ccccc3c2O[P+]([O-])=N[C@H](C(=O)OCC(C)(C)C)C(C)C)[C@@H](O)[C@@]1(C)O. The van der Waals surface area contributed by atoms with Crippen molar-refractivity contribution in [2.45, 2.75) is 78.2 Å². The number of rotatable bonds is 14. The van der Waals surface area contributed by atoms with Crippen LogP contribution in [0.15, 0.2) is 71.7 Å². The minimum absolute atomic E-state index is 0.111. The van der Waals surface area contributed by atoms with Gasteiger partial charge in [-0.15, -0.1) is 0 Å². The molecule has 0 spiro atoms. The number of fused-ring (bicyclic) bond motifs is 2. The van der Waals surface area contributed by atoms with Crippen LogP contribution < -0.4 is 24.2 Å². The lowest BCUT2D eigenvalue weighted by Crippen LogP contribution is -2.44. The first-order chi connectivity index (χ1) is 26.5.